The van der Waals surface area contributed by atoms with Crippen molar-refractivity contribution in [3.8, 4) is 0 Å². The van der Waals surface area contributed by atoms with E-state index in [4.69, 9.17) is 0 Å². The third kappa shape index (κ3) is 7.37. The van der Waals surface area contributed by atoms with Gasteiger partial charge in [-0.1, -0.05) is 68.4 Å². The summed E-state index contributed by atoms with van der Waals surface area (Å²) in [6.07, 6.45) is 6.66. The zero-order chi connectivity index (χ0) is 29.0. The first-order valence-electron chi connectivity index (χ1n) is 15.4. The monoisotopic (exact) mass is 589 g/mol. The first-order chi connectivity index (χ1) is 18.9. The second kappa shape index (κ2) is 13.6. The summed E-state index contributed by atoms with van der Waals surface area (Å²) in [7, 11) is 0. The highest BCUT2D eigenvalue weighted by molar-refractivity contribution is 7.91. The number of aliphatic hydroxyl groups is 1. The van der Waals surface area contributed by atoms with Crippen LogP contribution in [0.5, 0.6) is 0 Å². The fourth-order valence-corrected chi connectivity index (χ4v) is 9.36. The number of hydrogen-bond donors (Lipinski definition) is 1. The van der Waals surface area contributed by atoms with Crippen LogP contribution in [-0.4, -0.2) is 39.4 Å². The number of hydrogen-bond acceptors (Lipinski definition) is 2. The molecule has 3 aliphatic carbocycles. The van der Waals surface area contributed by atoms with E-state index in [1.165, 1.54) is 36.8 Å². The summed E-state index contributed by atoms with van der Waals surface area (Å²) in [5, 5.41) is 10.8. The second-order valence-corrected chi connectivity index (χ2v) is 14.6. The van der Waals surface area contributed by atoms with Crippen LogP contribution < -0.4 is 0 Å². The van der Waals surface area contributed by atoms with E-state index in [0.717, 1.165) is 57.8 Å². The number of benzene rings is 1. The Kier molecular flexibility index (Phi) is 10.9. The molecule has 7 atom stereocenters. The van der Waals surface area contributed by atoms with E-state index in [9.17, 15) is 31.6 Å². The van der Waals surface area contributed by atoms with Crippen molar-refractivity contribution in [2.24, 2.45) is 23.2 Å². The van der Waals surface area contributed by atoms with Gasteiger partial charge in [0, 0.05) is 6.42 Å². The van der Waals surface area contributed by atoms with E-state index >= 15 is 0 Å². The molecule has 0 saturated heterocycles. The fraction of sp³-hybridized carbons (Fsp3) is 0.812. The SMILES string of the molecule is C[C@]12CC[C@@H]3c4cc[c]cc4C[C@@H](CCCCCCCCC[S+]([O-])CCCC(F)(F)C(F)(F)F)[C@H]3[C@@H]1CC[C@@H]2O. The van der Waals surface area contributed by atoms with E-state index in [2.05, 4.69) is 31.2 Å². The quantitative estimate of drug-likeness (QED) is 0.134. The van der Waals surface area contributed by atoms with Crippen LogP contribution in [0.25, 0.3) is 0 Å². The lowest BCUT2D eigenvalue weighted by Gasteiger charge is -2.53. The van der Waals surface area contributed by atoms with Crippen molar-refractivity contribution in [2.75, 3.05) is 11.5 Å². The minimum atomic E-state index is -5.53. The van der Waals surface area contributed by atoms with Gasteiger partial charge in [0.15, 0.2) is 0 Å². The van der Waals surface area contributed by atoms with Crippen LogP contribution in [0, 0.1) is 29.2 Å². The van der Waals surface area contributed by atoms with E-state index < -0.39 is 29.7 Å². The van der Waals surface area contributed by atoms with Crippen molar-refractivity contribution >= 4 is 11.2 Å². The van der Waals surface area contributed by atoms with Gasteiger partial charge in [0.1, 0.15) is 11.5 Å². The topological polar surface area (TPSA) is 43.3 Å². The van der Waals surface area contributed by atoms with Crippen molar-refractivity contribution in [1.82, 2.24) is 0 Å². The molecule has 1 N–H and O–H groups in total. The Labute approximate surface area is 240 Å². The zero-order valence-electron chi connectivity index (χ0n) is 23.8. The van der Waals surface area contributed by atoms with Gasteiger partial charge in [0.05, 0.1) is 6.10 Å². The highest BCUT2D eigenvalue weighted by Gasteiger charge is 2.57. The first kappa shape index (κ1) is 32.1. The fourth-order valence-electron chi connectivity index (χ4n) is 8.17. The molecule has 1 unspecified atom stereocenters. The molecule has 227 valence electrons. The van der Waals surface area contributed by atoms with Gasteiger partial charge < -0.3 is 9.66 Å². The smallest absolute Gasteiger partial charge is 0.453 e. The lowest BCUT2D eigenvalue weighted by molar-refractivity contribution is -0.284. The average Bonchev–Trinajstić information content (AvgIpc) is 3.20. The Bertz CT molecular complexity index is 940. The van der Waals surface area contributed by atoms with Crippen LogP contribution in [0.3, 0.4) is 0 Å². The number of fused-ring (bicyclic) bond motifs is 5. The number of rotatable bonds is 14. The number of halogens is 5. The molecule has 0 bridgehead atoms. The Morgan fingerprint density at radius 1 is 0.975 bits per heavy atom. The van der Waals surface area contributed by atoms with E-state index in [1.54, 1.807) is 0 Å². The molecule has 8 heteroatoms. The van der Waals surface area contributed by atoms with Crippen LogP contribution in [0.15, 0.2) is 18.2 Å². The maximum absolute atomic E-state index is 12.9. The lowest BCUT2D eigenvalue weighted by Crippen LogP contribution is -2.47. The highest BCUT2D eigenvalue weighted by Crippen LogP contribution is 2.62. The first-order valence-corrected chi connectivity index (χ1v) is 16.9. The third-order valence-electron chi connectivity index (χ3n) is 10.4. The molecule has 3 aliphatic rings. The van der Waals surface area contributed by atoms with Crippen LogP contribution >= 0.6 is 0 Å². The van der Waals surface area contributed by atoms with Gasteiger partial charge in [-0.05, 0) is 104 Å². The summed E-state index contributed by atoms with van der Waals surface area (Å²) in [5.41, 5.74) is 3.07. The van der Waals surface area contributed by atoms with Crippen LogP contribution in [0.2, 0.25) is 0 Å². The number of alkyl halides is 5. The van der Waals surface area contributed by atoms with Crippen molar-refractivity contribution in [3.05, 3.63) is 35.4 Å². The summed E-state index contributed by atoms with van der Waals surface area (Å²) >= 11 is -1.34. The van der Waals surface area contributed by atoms with Gasteiger partial charge in [-0.3, -0.25) is 0 Å². The van der Waals surface area contributed by atoms with Gasteiger partial charge in [0.2, 0.25) is 0 Å². The molecule has 2 saturated carbocycles. The van der Waals surface area contributed by atoms with Gasteiger partial charge in [-0.15, -0.1) is 0 Å². The number of unbranched alkanes of at least 4 members (excludes halogenated alkanes) is 6. The summed E-state index contributed by atoms with van der Waals surface area (Å²) in [5.74, 6) is -1.89. The molecule has 1 aromatic rings. The summed E-state index contributed by atoms with van der Waals surface area (Å²) in [4.78, 5) is 0. The number of aliphatic hydroxyl groups excluding tert-OH is 1. The van der Waals surface area contributed by atoms with Gasteiger partial charge in [0.25, 0.3) is 0 Å². The largest absolute Gasteiger partial charge is 0.616 e. The highest BCUT2D eigenvalue weighted by atomic mass is 32.2. The normalized spacial score (nSPS) is 30.9. The van der Waals surface area contributed by atoms with Crippen molar-refractivity contribution < 1.29 is 31.6 Å². The van der Waals surface area contributed by atoms with Crippen LogP contribution in [-0.2, 0) is 17.6 Å². The van der Waals surface area contributed by atoms with E-state index in [-0.39, 0.29) is 23.7 Å². The molecule has 0 aliphatic heterocycles. The molecular formula is C32H46F5O2S. The standard InChI is InChI=1S/C32H46F5O2S/c1-30-19-17-26-25-14-9-8-12-23(25)22-24(29(26)27(30)15-16-28(30)38)13-7-5-3-2-4-6-10-20-40(39)21-11-18-31(33,34)32(35,36)37/h9,12,14,24,26-29,38H,2-7,10-11,13,15-22H2,1H3/t24-,26-,27+,28+,29-,30+,40?/m1/s1. The summed E-state index contributed by atoms with van der Waals surface area (Å²) in [6.45, 7) is 2.33. The maximum atomic E-state index is 12.9. The van der Waals surface area contributed by atoms with Gasteiger partial charge in [-0.25, -0.2) is 0 Å². The molecule has 4 rings (SSSR count). The summed E-state index contributed by atoms with van der Waals surface area (Å²) in [6, 6.07) is 9.84. The minimum absolute atomic E-state index is 0.0651. The molecule has 1 radical (unpaired) electrons. The second-order valence-electron chi connectivity index (χ2n) is 12.9. The molecule has 0 aromatic heterocycles. The molecule has 2 nitrogen and oxygen atoms in total. The average molecular weight is 590 g/mol. The lowest BCUT2D eigenvalue weighted by atomic mass is 9.52. The molecule has 0 spiro atoms. The molecule has 40 heavy (non-hydrogen) atoms. The van der Waals surface area contributed by atoms with E-state index in [0.29, 0.717) is 29.4 Å². The Morgan fingerprint density at radius 2 is 1.65 bits per heavy atom. The molecule has 2 fully saturated rings. The molecular weight excluding hydrogens is 543 g/mol. The van der Waals surface area contributed by atoms with Crippen LogP contribution in [0.4, 0.5) is 22.0 Å². The van der Waals surface area contributed by atoms with Crippen molar-refractivity contribution in [1.29, 1.82) is 0 Å². The predicted molar refractivity (Wildman–Crippen MR) is 150 cm³/mol. The molecule has 0 heterocycles. The third-order valence-corrected chi connectivity index (χ3v) is 11.9. The van der Waals surface area contributed by atoms with Crippen molar-refractivity contribution in [2.45, 2.75) is 127 Å². The molecule has 1 aromatic carbocycles. The minimum Gasteiger partial charge on any atom is -0.616 e. The summed E-state index contributed by atoms with van der Waals surface area (Å²) < 4.78 is 74.5. The van der Waals surface area contributed by atoms with Gasteiger partial charge in [-0.2, -0.15) is 22.0 Å². The van der Waals surface area contributed by atoms with Crippen LogP contribution in [0.1, 0.15) is 114 Å². The Morgan fingerprint density at radius 3 is 2.38 bits per heavy atom. The Balaban J connectivity index is 1.13. The Hall–Kier alpha value is -0.860. The molecule has 0 amide bonds. The maximum Gasteiger partial charge on any atom is 0.453 e. The van der Waals surface area contributed by atoms with Gasteiger partial charge >= 0.3 is 12.1 Å². The van der Waals surface area contributed by atoms with E-state index in [1.807, 2.05) is 0 Å². The van der Waals surface area contributed by atoms with Crippen molar-refractivity contribution in [3.63, 3.8) is 0 Å². The zero-order valence-corrected chi connectivity index (χ0v) is 24.6. The predicted octanol–water partition coefficient (Wildman–Crippen LogP) is 8.78.